The molecule has 0 fully saturated rings. The number of fused-ring (bicyclic) bond motifs is 2. The molecule has 0 saturated carbocycles. The van der Waals surface area contributed by atoms with Crippen molar-refractivity contribution in [2.45, 2.75) is 0 Å². The van der Waals surface area contributed by atoms with Crippen LogP contribution in [0.5, 0.6) is 17.2 Å². The molecule has 0 spiro atoms. The van der Waals surface area contributed by atoms with Crippen LogP contribution >= 0.6 is 0 Å². The quantitative estimate of drug-likeness (QED) is 0.390. The molecule has 152 valence electrons. The molecular weight excluding hydrogens is 394 g/mol. The number of aromatic nitrogens is 1. The molecule has 0 aliphatic carbocycles. The molecule has 1 aliphatic rings. The van der Waals surface area contributed by atoms with E-state index in [1.54, 1.807) is 42.5 Å². The fourth-order valence-corrected chi connectivity index (χ4v) is 3.41. The van der Waals surface area contributed by atoms with E-state index in [1.807, 2.05) is 30.3 Å². The summed E-state index contributed by atoms with van der Waals surface area (Å²) in [5.41, 5.74) is 5.44. The second kappa shape index (κ2) is 7.79. The first kappa shape index (κ1) is 18.6. The zero-order valence-corrected chi connectivity index (χ0v) is 16.3. The monoisotopic (exact) mass is 411 g/mol. The number of hydrogen-bond acceptors (Lipinski definition) is 6. The predicted octanol–water partition coefficient (Wildman–Crippen LogP) is 4.10. The average Bonchev–Trinajstić information content (AvgIpc) is 3.26. The molecule has 0 bridgehead atoms. The van der Waals surface area contributed by atoms with Gasteiger partial charge >= 0.3 is 0 Å². The van der Waals surface area contributed by atoms with E-state index < -0.39 is 0 Å². The Morgan fingerprint density at radius 1 is 1.00 bits per heavy atom. The normalized spacial score (nSPS) is 12.4. The van der Waals surface area contributed by atoms with E-state index in [2.05, 4.69) is 15.5 Å². The minimum atomic E-state index is -0.382. The Morgan fingerprint density at radius 2 is 1.81 bits per heavy atom. The average molecular weight is 411 g/mol. The zero-order chi connectivity index (χ0) is 21.2. The van der Waals surface area contributed by atoms with E-state index in [4.69, 9.17) is 9.47 Å². The smallest absolute Gasteiger partial charge is 0.272 e. The molecule has 1 aliphatic heterocycles. The van der Waals surface area contributed by atoms with Gasteiger partial charge in [-0.25, -0.2) is 10.4 Å². The number of aromatic hydroxyl groups is 1. The third-order valence-electron chi connectivity index (χ3n) is 4.92. The lowest BCUT2D eigenvalue weighted by Crippen LogP contribution is -2.18. The van der Waals surface area contributed by atoms with Gasteiger partial charge in [0.1, 0.15) is 5.75 Å². The molecule has 7 heteroatoms. The molecule has 1 amide bonds. The van der Waals surface area contributed by atoms with Gasteiger partial charge in [0.15, 0.2) is 11.5 Å². The summed E-state index contributed by atoms with van der Waals surface area (Å²) in [7, 11) is 0. The van der Waals surface area contributed by atoms with Gasteiger partial charge in [-0.15, -0.1) is 0 Å². The van der Waals surface area contributed by atoms with Gasteiger partial charge in [-0.05, 0) is 48.0 Å². The van der Waals surface area contributed by atoms with Gasteiger partial charge in [-0.2, -0.15) is 5.10 Å². The van der Waals surface area contributed by atoms with Crippen molar-refractivity contribution in [1.29, 1.82) is 0 Å². The van der Waals surface area contributed by atoms with Gasteiger partial charge in [0, 0.05) is 10.9 Å². The Morgan fingerprint density at radius 3 is 2.71 bits per heavy atom. The molecule has 5 rings (SSSR count). The summed E-state index contributed by atoms with van der Waals surface area (Å²) < 4.78 is 10.6. The van der Waals surface area contributed by atoms with Crippen molar-refractivity contribution in [2.75, 3.05) is 6.79 Å². The van der Waals surface area contributed by atoms with Gasteiger partial charge in [0.25, 0.3) is 5.91 Å². The summed E-state index contributed by atoms with van der Waals surface area (Å²) >= 11 is 0. The number of hydrazone groups is 1. The molecule has 0 saturated heterocycles. The van der Waals surface area contributed by atoms with Crippen molar-refractivity contribution in [1.82, 2.24) is 10.4 Å². The van der Waals surface area contributed by atoms with Crippen LogP contribution in [0.15, 0.2) is 77.9 Å². The van der Waals surface area contributed by atoms with Crippen molar-refractivity contribution in [3.63, 3.8) is 0 Å². The zero-order valence-electron chi connectivity index (χ0n) is 16.3. The van der Waals surface area contributed by atoms with Crippen LogP contribution in [0.25, 0.3) is 22.2 Å². The highest BCUT2D eigenvalue weighted by atomic mass is 16.7. The van der Waals surface area contributed by atoms with Crippen LogP contribution in [0.3, 0.4) is 0 Å². The number of nitrogens with zero attached hydrogens (tertiary/aromatic N) is 2. The fraction of sp³-hybridized carbons (Fsp3) is 0.0417. The molecule has 1 aromatic heterocycles. The highest BCUT2D eigenvalue weighted by molar-refractivity contribution is 6.07. The molecule has 4 aromatic rings. The number of benzene rings is 3. The van der Waals surface area contributed by atoms with Gasteiger partial charge < -0.3 is 14.6 Å². The van der Waals surface area contributed by atoms with Crippen molar-refractivity contribution in [3.8, 4) is 28.5 Å². The summed E-state index contributed by atoms with van der Waals surface area (Å²) in [6.07, 6.45) is 1.53. The van der Waals surface area contributed by atoms with Crippen LogP contribution in [0, 0.1) is 0 Å². The van der Waals surface area contributed by atoms with Crippen molar-refractivity contribution >= 4 is 23.0 Å². The first-order valence-electron chi connectivity index (χ1n) is 9.60. The van der Waals surface area contributed by atoms with E-state index in [-0.39, 0.29) is 18.4 Å². The molecule has 31 heavy (non-hydrogen) atoms. The lowest BCUT2D eigenvalue weighted by Gasteiger charge is -2.10. The molecule has 2 heterocycles. The van der Waals surface area contributed by atoms with E-state index >= 15 is 0 Å². The van der Waals surface area contributed by atoms with Crippen LogP contribution in [0.1, 0.15) is 15.9 Å². The lowest BCUT2D eigenvalue weighted by atomic mass is 10.0. The Hall–Kier alpha value is -4.39. The standard InChI is InChI=1S/C24H17N3O4/c28-21-8-4-2-6-17(21)20-12-18(16-5-1-3-7-19(16)26-20)24(29)27-25-13-15-9-10-22-23(11-15)31-14-30-22/h1-13,28H,14H2,(H,27,29)/b25-13-. The van der Waals surface area contributed by atoms with Crippen molar-refractivity contribution in [2.24, 2.45) is 5.10 Å². The second-order valence-corrected chi connectivity index (χ2v) is 6.90. The summed E-state index contributed by atoms with van der Waals surface area (Å²) in [5.74, 6) is 1.04. The number of nitrogens with one attached hydrogen (secondary N) is 1. The molecule has 2 N–H and O–H groups in total. The number of hydrogen-bond donors (Lipinski definition) is 2. The van der Waals surface area contributed by atoms with Crippen molar-refractivity contribution < 1.29 is 19.4 Å². The maximum Gasteiger partial charge on any atom is 0.272 e. The van der Waals surface area contributed by atoms with E-state index in [0.717, 1.165) is 5.56 Å². The first-order chi connectivity index (χ1) is 15.2. The van der Waals surface area contributed by atoms with E-state index in [9.17, 15) is 9.90 Å². The molecule has 0 unspecified atom stereocenters. The van der Waals surface area contributed by atoms with Crippen LogP contribution < -0.4 is 14.9 Å². The minimum absolute atomic E-state index is 0.0949. The number of phenolic OH excluding ortho intramolecular Hbond substituents is 1. The van der Waals surface area contributed by atoms with Gasteiger partial charge in [0.05, 0.1) is 23.0 Å². The minimum Gasteiger partial charge on any atom is -0.507 e. The molecule has 0 atom stereocenters. The van der Waals surface area contributed by atoms with Crippen LogP contribution in [0.2, 0.25) is 0 Å². The van der Waals surface area contributed by atoms with Crippen LogP contribution in [0.4, 0.5) is 0 Å². The number of rotatable bonds is 4. The number of ether oxygens (including phenoxy) is 2. The first-order valence-corrected chi connectivity index (χ1v) is 9.60. The van der Waals surface area contributed by atoms with Crippen molar-refractivity contribution in [3.05, 3.63) is 83.9 Å². The summed E-state index contributed by atoms with van der Waals surface area (Å²) in [6, 6.07) is 21.3. The largest absolute Gasteiger partial charge is 0.507 e. The summed E-state index contributed by atoms with van der Waals surface area (Å²) in [4.78, 5) is 17.6. The fourth-order valence-electron chi connectivity index (χ4n) is 3.41. The van der Waals surface area contributed by atoms with Crippen LogP contribution in [-0.4, -0.2) is 29.0 Å². The second-order valence-electron chi connectivity index (χ2n) is 6.90. The van der Waals surface area contributed by atoms with Gasteiger partial charge in [0.2, 0.25) is 6.79 Å². The lowest BCUT2D eigenvalue weighted by molar-refractivity contribution is 0.0956. The molecule has 0 radical (unpaired) electrons. The Kier molecular flexibility index (Phi) is 4.68. The predicted molar refractivity (Wildman–Crippen MR) is 116 cm³/mol. The molecule has 3 aromatic carbocycles. The Balaban J connectivity index is 1.46. The summed E-state index contributed by atoms with van der Waals surface area (Å²) in [6.45, 7) is 0.196. The highest BCUT2D eigenvalue weighted by Crippen LogP contribution is 2.32. The number of phenols is 1. The number of carbonyl (C=O) groups is 1. The maximum absolute atomic E-state index is 12.9. The van der Waals surface area contributed by atoms with Gasteiger partial charge in [-0.1, -0.05) is 30.3 Å². The molecule has 7 nitrogen and oxygen atoms in total. The number of pyridine rings is 1. The SMILES string of the molecule is O=C(N/N=C\c1ccc2c(c1)OCO2)c1cc(-c2ccccc2O)nc2ccccc12. The third-order valence-corrected chi connectivity index (χ3v) is 4.92. The number of amides is 1. The Labute approximate surface area is 177 Å². The highest BCUT2D eigenvalue weighted by Gasteiger charge is 2.15. The molecular formula is C24H17N3O4. The number of para-hydroxylation sites is 2. The third kappa shape index (κ3) is 3.64. The number of carbonyl (C=O) groups excluding carboxylic acids is 1. The van der Waals surface area contributed by atoms with E-state index in [1.165, 1.54) is 6.21 Å². The Bertz CT molecular complexity index is 1330. The topological polar surface area (TPSA) is 93.0 Å². The summed E-state index contributed by atoms with van der Waals surface area (Å²) in [5, 5.41) is 15.0. The van der Waals surface area contributed by atoms with Crippen LogP contribution in [-0.2, 0) is 0 Å². The maximum atomic E-state index is 12.9. The van der Waals surface area contributed by atoms with Gasteiger partial charge in [-0.3, -0.25) is 4.79 Å². The van der Waals surface area contributed by atoms with E-state index in [0.29, 0.717) is 39.2 Å².